The number of rotatable bonds is 1. The van der Waals surface area contributed by atoms with Crippen molar-refractivity contribution in [3.63, 3.8) is 0 Å². The Morgan fingerprint density at radius 3 is 2.77 bits per heavy atom. The van der Waals surface area contributed by atoms with E-state index in [9.17, 15) is 9.59 Å². The number of ether oxygens (including phenoxy) is 2. The highest BCUT2D eigenvalue weighted by atomic mass is 16.7. The van der Waals surface area contributed by atoms with Crippen LogP contribution in [0.2, 0.25) is 0 Å². The molecule has 5 nitrogen and oxygen atoms in total. The van der Waals surface area contributed by atoms with Crippen molar-refractivity contribution in [2.45, 2.75) is 45.2 Å². The minimum Gasteiger partial charge on any atom is -0.359 e. The number of carbonyl (C=O) groups is 2. The normalized spacial score (nSPS) is 37.3. The fraction of sp³-hybridized carbons (Fsp3) is 0.524. The largest absolute Gasteiger partial charge is 0.359 e. The average Bonchev–Trinajstić information content (AvgIpc) is 3.19. The number of ketones is 2. The van der Waals surface area contributed by atoms with Gasteiger partial charge < -0.3 is 14.4 Å². The average molecular weight is 353 g/mol. The second kappa shape index (κ2) is 5.27. The van der Waals surface area contributed by atoms with Crippen molar-refractivity contribution >= 4 is 17.6 Å². The molecular formula is C21H23NO4. The van der Waals surface area contributed by atoms with Crippen LogP contribution in [0.1, 0.15) is 37.9 Å². The fourth-order valence-corrected chi connectivity index (χ4v) is 5.06. The molecule has 0 N–H and O–H groups in total. The fourth-order valence-electron chi connectivity index (χ4n) is 5.06. The number of hydrogen-bond donors (Lipinski definition) is 0. The smallest absolute Gasteiger partial charge is 0.218 e. The zero-order valence-corrected chi connectivity index (χ0v) is 15.2. The molecule has 0 radical (unpaired) electrons. The lowest BCUT2D eigenvalue weighted by Gasteiger charge is -2.36. The minimum absolute atomic E-state index is 0.0203. The van der Waals surface area contributed by atoms with Crippen molar-refractivity contribution in [2.24, 2.45) is 17.3 Å². The summed E-state index contributed by atoms with van der Waals surface area (Å²) < 4.78 is 11.4. The first kappa shape index (κ1) is 16.2. The summed E-state index contributed by atoms with van der Waals surface area (Å²) in [5.41, 5.74) is 1.74. The predicted molar refractivity (Wildman–Crippen MR) is 94.9 cm³/mol. The molecule has 3 fully saturated rings. The van der Waals surface area contributed by atoms with Gasteiger partial charge in [0.25, 0.3) is 0 Å². The molecule has 0 spiro atoms. The summed E-state index contributed by atoms with van der Waals surface area (Å²) in [7, 11) is 0. The molecule has 2 bridgehead atoms. The van der Waals surface area contributed by atoms with Gasteiger partial charge in [0, 0.05) is 17.5 Å². The highest BCUT2D eigenvalue weighted by molar-refractivity contribution is 5.94. The van der Waals surface area contributed by atoms with Crippen LogP contribution in [0.5, 0.6) is 0 Å². The summed E-state index contributed by atoms with van der Waals surface area (Å²) in [6.45, 7) is 6.22. The second-order valence-corrected chi connectivity index (χ2v) is 8.74. The van der Waals surface area contributed by atoms with Crippen LogP contribution < -0.4 is 0 Å². The third kappa shape index (κ3) is 2.04. The van der Waals surface area contributed by atoms with E-state index in [0.29, 0.717) is 6.61 Å². The Morgan fingerprint density at radius 2 is 2.00 bits per heavy atom. The maximum Gasteiger partial charge on any atom is 0.218 e. The zero-order valence-electron chi connectivity index (χ0n) is 15.2. The van der Waals surface area contributed by atoms with Gasteiger partial charge in [-0.3, -0.25) is 9.59 Å². The first-order valence-corrected chi connectivity index (χ1v) is 9.27. The van der Waals surface area contributed by atoms with Gasteiger partial charge in [-0.1, -0.05) is 45.0 Å². The van der Waals surface area contributed by atoms with E-state index >= 15 is 0 Å². The van der Waals surface area contributed by atoms with Crippen LogP contribution in [0.15, 0.2) is 30.5 Å². The van der Waals surface area contributed by atoms with Gasteiger partial charge in [-0.25, -0.2) is 0 Å². The van der Waals surface area contributed by atoms with Crippen molar-refractivity contribution in [2.75, 3.05) is 6.61 Å². The maximum absolute atomic E-state index is 13.4. The number of hydrogen-bond acceptors (Lipinski definition) is 5. The molecule has 6 atom stereocenters. The third-order valence-electron chi connectivity index (χ3n) is 6.21. The summed E-state index contributed by atoms with van der Waals surface area (Å²) in [5.74, 6) is -0.314. The Hall–Kier alpha value is -1.98. The van der Waals surface area contributed by atoms with E-state index in [4.69, 9.17) is 9.47 Å². The van der Waals surface area contributed by atoms with Gasteiger partial charge in [-0.15, -0.1) is 0 Å². The Labute approximate surface area is 153 Å². The number of carbonyl (C=O) groups excluding carboxylic acids is 2. The molecule has 0 aromatic heterocycles. The summed E-state index contributed by atoms with van der Waals surface area (Å²) >= 11 is 0. The molecule has 4 aliphatic heterocycles. The van der Waals surface area contributed by atoms with E-state index in [2.05, 4.69) is 17.0 Å². The highest BCUT2D eigenvalue weighted by Gasteiger charge is 2.64. The number of fused-ring (bicyclic) bond motifs is 8. The second-order valence-electron chi connectivity index (χ2n) is 8.74. The summed E-state index contributed by atoms with van der Waals surface area (Å²) in [6, 6.07) is 7.64. The SMILES string of the molecule is CC(C)(C)C(=O)[C@H]1[C@@H]2C3COC(O3)C(=O)[C@H]2[C@@H]2c3ccccc3C=CN12. The number of nitrogens with zero attached hydrogens (tertiary/aromatic N) is 1. The molecule has 4 aliphatic rings. The van der Waals surface area contributed by atoms with Gasteiger partial charge >= 0.3 is 0 Å². The Kier molecular flexibility index (Phi) is 3.29. The van der Waals surface area contributed by atoms with Crippen LogP contribution in [0.25, 0.3) is 6.08 Å². The van der Waals surface area contributed by atoms with Gasteiger partial charge in [0.2, 0.25) is 6.29 Å². The monoisotopic (exact) mass is 353 g/mol. The summed E-state index contributed by atoms with van der Waals surface area (Å²) in [4.78, 5) is 28.6. The molecule has 1 aromatic carbocycles. The molecule has 2 unspecified atom stereocenters. The van der Waals surface area contributed by atoms with Crippen molar-refractivity contribution in [3.05, 3.63) is 41.6 Å². The molecule has 1 aromatic rings. The Morgan fingerprint density at radius 1 is 1.23 bits per heavy atom. The van der Waals surface area contributed by atoms with E-state index < -0.39 is 11.7 Å². The van der Waals surface area contributed by atoms with Crippen LogP contribution >= 0.6 is 0 Å². The number of Topliss-reactive ketones (excluding diaryl/α,β-unsaturated/α-hetero) is 2. The third-order valence-corrected chi connectivity index (χ3v) is 6.21. The van der Waals surface area contributed by atoms with Crippen LogP contribution in [0, 0.1) is 17.3 Å². The molecule has 0 saturated carbocycles. The first-order chi connectivity index (χ1) is 12.4. The van der Waals surface area contributed by atoms with Crippen molar-refractivity contribution in [1.82, 2.24) is 4.90 Å². The van der Waals surface area contributed by atoms with Crippen LogP contribution in [-0.4, -0.2) is 41.5 Å². The Bertz CT molecular complexity index is 824. The Balaban J connectivity index is 1.68. The van der Waals surface area contributed by atoms with Gasteiger partial charge in [-0.05, 0) is 17.2 Å². The van der Waals surface area contributed by atoms with Crippen LogP contribution in [0.3, 0.4) is 0 Å². The van der Waals surface area contributed by atoms with E-state index in [1.165, 1.54) is 0 Å². The summed E-state index contributed by atoms with van der Waals surface area (Å²) in [5, 5.41) is 0. The van der Waals surface area contributed by atoms with Crippen LogP contribution in [-0.2, 0) is 19.1 Å². The standard InChI is InChI=1S/C21H23NO4/c1-21(2,3)19(24)17-14-13-10-25-20(26-13)18(23)15(14)16-12-7-5-4-6-11(12)8-9-22(16)17/h4-9,13-17,20H,10H2,1-3H3/t13?,14-,15-,16+,17-,20?/m1/s1. The molecule has 136 valence electrons. The van der Waals surface area contributed by atoms with E-state index in [-0.39, 0.29) is 41.6 Å². The molecule has 0 aliphatic carbocycles. The topological polar surface area (TPSA) is 55.8 Å². The van der Waals surface area contributed by atoms with E-state index in [1.54, 1.807) is 0 Å². The first-order valence-electron chi connectivity index (χ1n) is 9.27. The minimum atomic E-state index is -0.773. The molecule has 5 rings (SSSR count). The van der Waals surface area contributed by atoms with Crippen molar-refractivity contribution in [3.8, 4) is 0 Å². The van der Waals surface area contributed by atoms with E-state index in [1.807, 2.05) is 45.2 Å². The summed E-state index contributed by atoms with van der Waals surface area (Å²) in [6.07, 6.45) is 3.07. The molecule has 0 amide bonds. The van der Waals surface area contributed by atoms with Gasteiger partial charge in [0.05, 0.1) is 30.7 Å². The highest BCUT2D eigenvalue weighted by Crippen LogP contribution is 2.55. The maximum atomic E-state index is 13.4. The molecule has 3 saturated heterocycles. The molecule has 26 heavy (non-hydrogen) atoms. The van der Waals surface area contributed by atoms with E-state index in [0.717, 1.165) is 11.1 Å². The zero-order chi connectivity index (χ0) is 18.2. The lowest BCUT2D eigenvalue weighted by atomic mass is 9.73. The predicted octanol–water partition coefficient (Wildman–Crippen LogP) is 2.57. The number of benzene rings is 1. The lowest BCUT2D eigenvalue weighted by Crippen LogP contribution is -2.50. The van der Waals surface area contributed by atoms with Gasteiger partial charge in [-0.2, -0.15) is 0 Å². The van der Waals surface area contributed by atoms with Crippen molar-refractivity contribution in [1.29, 1.82) is 0 Å². The van der Waals surface area contributed by atoms with Crippen LogP contribution in [0.4, 0.5) is 0 Å². The molecule has 5 heteroatoms. The van der Waals surface area contributed by atoms with Gasteiger partial charge in [0.1, 0.15) is 0 Å². The van der Waals surface area contributed by atoms with Gasteiger partial charge in [0.15, 0.2) is 11.6 Å². The molecule has 4 heterocycles. The lowest BCUT2D eigenvalue weighted by molar-refractivity contribution is -0.165. The van der Waals surface area contributed by atoms with Crippen molar-refractivity contribution < 1.29 is 19.1 Å². The quantitative estimate of drug-likeness (QED) is 0.777. The molecular weight excluding hydrogens is 330 g/mol.